The molecule has 1 fully saturated rings. The lowest BCUT2D eigenvalue weighted by molar-refractivity contribution is -0.139. The summed E-state index contributed by atoms with van der Waals surface area (Å²) in [7, 11) is 0. The van der Waals surface area contributed by atoms with Gasteiger partial charge >= 0.3 is 0 Å². The lowest BCUT2D eigenvalue weighted by atomic mass is 10.2. The molecule has 1 aromatic heterocycles. The normalized spacial score (nSPS) is 19.9. The fourth-order valence-electron chi connectivity index (χ4n) is 1.96. The number of hydrogen-bond donors (Lipinski definition) is 0. The van der Waals surface area contributed by atoms with Crippen LogP contribution in [0, 0.1) is 0 Å². The highest BCUT2D eigenvalue weighted by molar-refractivity contribution is 9.10. The van der Waals surface area contributed by atoms with Crippen LogP contribution in [0.4, 0.5) is 0 Å². The van der Waals surface area contributed by atoms with Crippen LogP contribution in [0.25, 0.3) is 0 Å². The average molecular weight is 315 g/mol. The van der Waals surface area contributed by atoms with E-state index in [1.807, 2.05) is 6.92 Å². The predicted octanol–water partition coefficient (Wildman–Crippen LogP) is 0.858. The number of nitrogens with zero attached hydrogens (tertiary/aromatic N) is 2. The number of rotatable bonds is 2. The van der Waals surface area contributed by atoms with Crippen molar-refractivity contribution in [1.82, 2.24) is 9.47 Å². The lowest BCUT2D eigenvalue weighted by Crippen LogP contribution is -2.48. The van der Waals surface area contributed by atoms with Crippen molar-refractivity contribution in [2.24, 2.45) is 0 Å². The van der Waals surface area contributed by atoms with E-state index >= 15 is 0 Å². The van der Waals surface area contributed by atoms with Crippen LogP contribution in [0.3, 0.4) is 0 Å². The van der Waals surface area contributed by atoms with Gasteiger partial charge in [0.25, 0.3) is 5.56 Å². The first kappa shape index (κ1) is 13.3. The Morgan fingerprint density at radius 3 is 3.06 bits per heavy atom. The Kier molecular flexibility index (Phi) is 4.19. The third-order valence-electron chi connectivity index (χ3n) is 2.94. The highest BCUT2D eigenvalue weighted by atomic mass is 79.9. The van der Waals surface area contributed by atoms with Crippen molar-refractivity contribution in [1.29, 1.82) is 0 Å². The van der Waals surface area contributed by atoms with Gasteiger partial charge in [0.05, 0.1) is 19.3 Å². The fraction of sp³-hybridized carbons (Fsp3) is 0.500. The van der Waals surface area contributed by atoms with Crippen LogP contribution in [0.5, 0.6) is 0 Å². The van der Waals surface area contributed by atoms with Crippen LogP contribution in [0.2, 0.25) is 0 Å². The number of carbonyl (C=O) groups excluding carboxylic acids is 1. The minimum absolute atomic E-state index is 0.0500. The molecule has 2 rings (SSSR count). The SMILES string of the molecule is CC1COCCN1C(=O)Cn1cc(Br)ccc1=O. The first-order chi connectivity index (χ1) is 8.58. The monoisotopic (exact) mass is 314 g/mol. The zero-order chi connectivity index (χ0) is 13.1. The van der Waals surface area contributed by atoms with Crippen molar-refractivity contribution >= 4 is 21.8 Å². The van der Waals surface area contributed by atoms with E-state index in [0.29, 0.717) is 19.8 Å². The van der Waals surface area contributed by atoms with Crippen LogP contribution in [-0.4, -0.2) is 41.2 Å². The molecule has 0 aliphatic carbocycles. The van der Waals surface area contributed by atoms with E-state index in [-0.39, 0.29) is 24.1 Å². The standard InChI is InChI=1S/C12H15BrN2O3/c1-9-8-18-5-4-15(9)12(17)7-14-6-10(13)2-3-11(14)16/h2-3,6,9H,4-5,7-8H2,1H3. The number of carbonyl (C=O) groups is 1. The maximum Gasteiger partial charge on any atom is 0.251 e. The highest BCUT2D eigenvalue weighted by Gasteiger charge is 2.23. The molecule has 1 aliphatic heterocycles. The van der Waals surface area contributed by atoms with Crippen LogP contribution < -0.4 is 5.56 Å². The van der Waals surface area contributed by atoms with E-state index in [1.165, 1.54) is 10.6 Å². The fourth-order valence-corrected chi connectivity index (χ4v) is 2.34. The Morgan fingerprint density at radius 1 is 1.56 bits per heavy atom. The summed E-state index contributed by atoms with van der Waals surface area (Å²) in [5.41, 5.74) is -0.174. The summed E-state index contributed by atoms with van der Waals surface area (Å²) in [6, 6.07) is 3.18. The quantitative estimate of drug-likeness (QED) is 0.813. The smallest absolute Gasteiger partial charge is 0.251 e. The summed E-state index contributed by atoms with van der Waals surface area (Å²) in [6.45, 7) is 3.72. The third kappa shape index (κ3) is 3.00. The average Bonchev–Trinajstić information content (AvgIpc) is 2.34. The van der Waals surface area contributed by atoms with Gasteiger partial charge in [-0.3, -0.25) is 9.59 Å². The summed E-state index contributed by atoms with van der Waals surface area (Å²) in [5.74, 6) is -0.0500. The van der Waals surface area contributed by atoms with Crippen LogP contribution in [0.1, 0.15) is 6.92 Å². The summed E-state index contributed by atoms with van der Waals surface area (Å²) in [5, 5.41) is 0. The molecule has 18 heavy (non-hydrogen) atoms. The van der Waals surface area contributed by atoms with E-state index in [0.717, 1.165) is 4.47 Å². The number of morpholine rings is 1. The Balaban J connectivity index is 2.11. The number of halogens is 1. The summed E-state index contributed by atoms with van der Waals surface area (Å²) in [6.07, 6.45) is 1.63. The van der Waals surface area contributed by atoms with Crippen molar-refractivity contribution in [2.75, 3.05) is 19.8 Å². The Bertz CT molecular complexity index is 500. The van der Waals surface area contributed by atoms with Crippen molar-refractivity contribution in [3.63, 3.8) is 0 Å². The number of pyridine rings is 1. The third-order valence-corrected chi connectivity index (χ3v) is 3.41. The Labute approximate surface area is 113 Å². The Hall–Kier alpha value is -1.14. The lowest BCUT2D eigenvalue weighted by Gasteiger charge is -2.33. The highest BCUT2D eigenvalue weighted by Crippen LogP contribution is 2.08. The van der Waals surface area contributed by atoms with E-state index in [2.05, 4.69) is 15.9 Å². The van der Waals surface area contributed by atoms with E-state index in [4.69, 9.17) is 4.74 Å². The molecule has 6 heteroatoms. The first-order valence-electron chi connectivity index (χ1n) is 5.81. The maximum absolute atomic E-state index is 12.1. The Morgan fingerprint density at radius 2 is 2.33 bits per heavy atom. The van der Waals surface area contributed by atoms with Crippen molar-refractivity contribution in [2.45, 2.75) is 19.5 Å². The molecule has 1 atom stereocenters. The molecular weight excluding hydrogens is 300 g/mol. The second kappa shape index (κ2) is 5.67. The molecule has 0 saturated carbocycles. The zero-order valence-electron chi connectivity index (χ0n) is 10.1. The largest absolute Gasteiger partial charge is 0.377 e. The van der Waals surface area contributed by atoms with Gasteiger partial charge in [0.1, 0.15) is 6.54 Å². The second-order valence-electron chi connectivity index (χ2n) is 4.32. The molecule has 0 bridgehead atoms. The van der Waals surface area contributed by atoms with Crippen LogP contribution >= 0.6 is 15.9 Å². The van der Waals surface area contributed by atoms with Gasteiger partial charge in [-0.1, -0.05) is 0 Å². The van der Waals surface area contributed by atoms with E-state index in [9.17, 15) is 9.59 Å². The molecule has 0 aromatic carbocycles. The maximum atomic E-state index is 12.1. The van der Waals surface area contributed by atoms with Crippen molar-refractivity contribution in [3.8, 4) is 0 Å². The summed E-state index contributed by atoms with van der Waals surface area (Å²) >= 11 is 3.29. The zero-order valence-corrected chi connectivity index (χ0v) is 11.7. The molecule has 1 aliphatic rings. The second-order valence-corrected chi connectivity index (χ2v) is 5.24. The van der Waals surface area contributed by atoms with Gasteiger partial charge in [0.2, 0.25) is 5.91 Å². The predicted molar refractivity (Wildman–Crippen MR) is 70.4 cm³/mol. The van der Waals surface area contributed by atoms with Crippen LogP contribution in [-0.2, 0) is 16.1 Å². The van der Waals surface area contributed by atoms with Crippen LogP contribution in [0.15, 0.2) is 27.6 Å². The van der Waals surface area contributed by atoms with Gasteiger partial charge in [-0.25, -0.2) is 0 Å². The van der Waals surface area contributed by atoms with Gasteiger partial charge in [0, 0.05) is 23.3 Å². The van der Waals surface area contributed by atoms with Gasteiger partial charge in [-0.15, -0.1) is 0 Å². The van der Waals surface area contributed by atoms with Crippen molar-refractivity contribution < 1.29 is 9.53 Å². The molecule has 2 heterocycles. The van der Waals surface area contributed by atoms with Gasteiger partial charge in [-0.2, -0.15) is 0 Å². The number of aromatic nitrogens is 1. The first-order valence-corrected chi connectivity index (χ1v) is 6.60. The molecule has 1 unspecified atom stereocenters. The molecule has 1 saturated heterocycles. The molecule has 1 aromatic rings. The number of amides is 1. The van der Waals surface area contributed by atoms with E-state index < -0.39 is 0 Å². The number of ether oxygens (including phenoxy) is 1. The van der Waals surface area contributed by atoms with Crippen molar-refractivity contribution in [3.05, 3.63) is 33.2 Å². The minimum atomic E-state index is -0.174. The summed E-state index contributed by atoms with van der Waals surface area (Å²) < 4.78 is 7.48. The van der Waals surface area contributed by atoms with Gasteiger partial charge in [0.15, 0.2) is 0 Å². The molecule has 98 valence electrons. The summed E-state index contributed by atoms with van der Waals surface area (Å²) in [4.78, 5) is 25.5. The van der Waals surface area contributed by atoms with Gasteiger partial charge in [-0.05, 0) is 28.9 Å². The molecule has 5 nitrogen and oxygen atoms in total. The van der Waals surface area contributed by atoms with E-state index in [1.54, 1.807) is 17.2 Å². The molecule has 1 amide bonds. The molecule has 0 spiro atoms. The topological polar surface area (TPSA) is 51.5 Å². The molecular formula is C12H15BrN2O3. The molecule has 0 N–H and O–H groups in total. The molecule has 0 radical (unpaired) electrons. The number of hydrogen-bond acceptors (Lipinski definition) is 3. The minimum Gasteiger partial charge on any atom is -0.377 e. The van der Waals surface area contributed by atoms with Gasteiger partial charge < -0.3 is 14.2 Å².